The second-order valence-corrected chi connectivity index (χ2v) is 12.9. The molecule has 8 nitrogen and oxygen atoms in total. The molecule has 8 atom stereocenters. The molecule has 2 bridgehead atoms. The first-order valence-corrected chi connectivity index (χ1v) is 15.7. The zero-order chi connectivity index (χ0) is 29.5. The Morgan fingerprint density at radius 1 is 1.10 bits per heavy atom. The number of likely N-dealkylation sites (tertiary alicyclic amines) is 1. The molecule has 224 valence electrons. The van der Waals surface area contributed by atoms with Crippen LogP contribution in [0.25, 0.3) is 0 Å². The highest BCUT2D eigenvalue weighted by Crippen LogP contribution is 2.55. The van der Waals surface area contributed by atoms with Crippen LogP contribution in [-0.2, 0) is 19.1 Å². The minimum atomic E-state index is -1.14. The van der Waals surface area contributed by atoms with Crippen molar-refractivity contribution in [3.05, 3.63) is 42.0 Å². The molecule has 3 aliphatic heterocycles. The van der Waals surface area contributed by atoms with Crippen LogP contribution in [0.15, 0.2) is 36.4 Å². The number of anilines is 1. The van der Waals surface area contributed by atoms with Crippen LogP contribution in [0.5, 0.6) is 0 Å². The molecule has 1 spiro atoms. The Morgan fingerprint density at radius 2 is 1.80 bits per heavy atom. The normalized spacial score (nSPS) is 34.0. The fourth-order valence-electron chi connectivity index (χ4n) is 7.52. The van der Waals surface area contributed by atoms with Crippen LogP contribution in [0.3, 0.4) is 0 Å². The molecule has 3 amide bonds. The van der Waals surface area contributed by atoms with E-state index in [9.17, 15) is 14.4 Å². The number of carbonyl (C=O) groups is 3. The summed E-state index contributed by atoms with van der Waals surface area (Å²) in [5, 5.41) is 6.37. The lowest BCUT2D eigenvalue weighted by Gasteiger charge is -2.38. The fraction of sp³-hybridized carbons (Fsp3) is 0.667. The SMILES string of the molecule is CCN(CC)CCN1C(=O)[C@H]2C(C(=O)Nc3ccc(C(C)C)cc3)[C@H]3C=CC2(O3)C1C(=O)NC1CCCC(C)C1C. The van der Waals surface area contributed by atoms with Crippen molar-refractivity contribution in [2.45, 2.75) is 90.5 Å². The highest BCUT2D eigenvalue weighted by Gasteiger charge is 2.72. The van der Waals surface area contributed by atoms with Gasteiger partial charge in [-0.3, -0.25) is 14.4 Å². The van der Waals surface area contributed by atoms with Crippen LogP contribution in [-0.4, -0.2) is 77.5 Å². The largest absolute Gasteiger partial charge is 0.359 e. The van der Waals surface area contributed by atoms with Gasteiger partial charge in [0.05, 0.1) is 17.9 Å². The first kappa shape index (κ1) is 29.8. The van der Waals surface area contributed by atoms with Crippen molar-refractivity contribution < 1.29 is 19.1 Å². The molecule has 3 heterocycles. The van der Waals surface area contributed by atoms with Crippen LogP contribution in [0.2, 0.25) is 0 Å². The lowest BCUT2D eigenvalue weighted by molar-refractivity contribution is -0.141. The quantitative estimate of drug-likeness (QED) is 0.416. The minimum absolute atomic E-state index is 0.0666. The van der Waals surface area contributed by atoms with Crippen molar-refractivity contribution in [3.63, 3.8) is 0 Å². The Labute approximate surface area is 245 Å². The standard InChI is InChI=1S/C33H48N4O4/c1-7-36(8-2)18-19-37-29(31(39)35-25-11-9-10-21(5)22(25)6)33-17-16-26(41-33)27(28(33)32(37)40)30(38)34-24-14-12-23(13-15-24)20(3)4/h12-17,20-22,25-29H,7-11,18-19H2,1-6H3,(H,34,38)(H,35,39)/t21?,22?,25?,26-,27?,28-,29?,33?/m1/s1. The summed E-state index contributed by atoms with van der Waals surface area (Å²) in [5.74, 6) is -0.709. The third-order valence-electron chi connectivity index (χ3n) is 10.4. The maximum atomic E-state index is 14.2. The second kappa shape index (κ2) is 11.9. The van der Waals surface area contributed by atoms with Crippen molar-refractivity contribution in [1.29, 1.82) is 0 Å². The number of benzene rings is 1. The summed E-state index contributed by atoms with van der Waals surface area (Å²) in [4.78, 5) is 46.1. The molecular weight excluding hydrogens is 516 g/mol. The molecule has 1 saturated carbocycles. The second-order valence-electron chi connectivity index (χ2n) is 12.9. The molecular formula is C33H48N4O4. The van der Waals surface area contributed by atoms with Gasteiger partial charge in [0.2, 0.25) is 17.7 Å². The van der Waals surface area contributed by atoms with Gasteiger partial charge in [0.1, 0.15) is 11.6 Å². The van der Waals surface area contributed by atoms with Gasteiger partial charge in [0.15, 0.2) is 0 Å². The van der Waals surface area contributed by atoms with Gasteiger partial charge in [-0.15, -0.1) is 0 Å². The summed E-state index contributed by atoms with van der Waals surface area (Å²) >= 11 is 0. The van der Waals surface area contributed by atoms with Crippen LogP contribution in [0.1, 0.15) is 72.3 Å². The summed E-state index contributed by atoms with van der Waals surface area (Å²) in [7, 11) is 0. The van der Waals surface area contributed by atoms with E-state index in [2.05, 4.69) is 57.1 Å². The van der Waals surface area contributed by atoms with Crippen LogP contribution >= 0.6 is 0 Å². The number of hydrogen-bond acceptors (Lipinski definition) is 5. The van der Waals surface area contributed by atoms with Gasteiger partial charge >= 0.3 is 0 Å². The predicted octanol–water partition coefficient (Wildman–Crippen LogP) is 4.18. The summed E-state index contributed by atoms with van der Waals surface area (Å²) in [5.41, 5.74) is 0.750. The highest BCUT2D eigenvalue weighted by molar-refractivity contribution is 6.02. The van der Waals surface area contributed by atoms with Crippen LogP contribution in [0.4, 0.5) is 5.69 Å². The first-order valence-electron chi connectivity index (χ1n) is 15.7. The molecule has 1 aliphatic carbocycles. The Hall–Kier alpha value is -2.71. The number of amides is 3. The maximum Gasteiger partial charge on any atom is 0.246 e. The van der Waals surface area contributed by atoms with Gasteiger partial charge < -0.3 is 25.2 Å². The summed E-state index contributed by atoms with van der Waals surface area (Å²) in [6.07, 6.45) is 6.44. The zero-order valence-electron chi connectivity index (χ0n) is 25.6. The van der Waals surface area contributed by atoms with Crippen molar-refractivity contribution in [2.24, 2.45) is 23.7 Å². The van der Waals surface area contributed by atoms with E-state index in [1.807, 2.05) is 36.4 Å². The summed E-state index contributed by atoms with van der Waals surface area (Å²) in [6.45, 7) is 15.7. The lowest BCUT2D eigenvalue weighted by atomic mass is 9.73. The van der Waals surface area contributed by atoms with Gasteiger partial charge in [0.25, 0.3) is 0 Å². The number of carbonyl (C=O) groups excluding carboxylic acids is 3. The monoisotopic (exact) mass is 564 g/mol. The van der Waals surface area contributed by atoms with Gasteiger partial charge in [-0.1, -0.05) is 78.7 Å². The molecule has 1 aromatic rings. The van der Waals surface area contributed by atoms with Crippen LogP contribution in [0, 0.1) is 23.7 Å². The van der Waals surface area contributed by atoms with Crippen LogP contribution < -0.4 is 10.6 Å². The van der Waals surface area contributed by atoms with E-state index in [1.165, 1.54) is 12.0 Å². The number of fused-ring (bicyclic) bond motifs is 1. The molecule has 0 aromatic heterocycles. The Kier molecular flexibility index (Phi) is 8.63. The van der Waals surface area contributed by atoms with E-state index in [4.69, 9.17) is 4.74 Å². The number of nitrogens with zero attached hydrogens (tertiary/aromatic N) is 2. The van der Waals surface area contributed by atoms with E-state index >= 15 is 0 Å². The predicted molar refractivity (Wildman–Crippen MR) is 160 cm³/mol. The molecule has 4 aliphatic rings. The lowest BCUT2D eigenvalue weighted by Crippen LogP contribution is -2.58. The molecule has 41 heavy (non-hydrogen) atoms. The van der Waals surface area contributed by atoms with Crippen molar-refractivity contribution in [1.82, 2.24) is 15.1 Å². The molecule has 1 aromatic carbocycles. The molecule has 0 radical (unpaired) electrons. The number of hydrogen-bond donors (Lipinski definition) is 2. The third-order valence-corrected chi connectivity index (χ3v) is 10.4. The van der Waals surface area contributed by atoms with E-state index in [0.29, 0.717) is 36.5 Å². The molecule has 5 rings (SSSR count). The van der Waals surface area contributed by atoms with Gasteiger partial charge in [-0.25, -0.2) is 0 Å². The summed E-state index contributed by atoms with van der Waals surface area (Å²) in [6, 6.07) is 7.11. The molecule has 8 heteroatoms. The van der Waals surface area contributed by atoms with Crippen molar-refractivity contribution in [2.75, 3.05) is 31.5 Å². The molecule has 2 N–H and O–H groups in total. The minimum Gasteiger partial charge on any atom is -0.359 e. The molecule has 2 saturated heterocycles. The van der Waals surface area contributed by atoms with Gasteiger partial charge in [-0.05, 0) is 55.0 Å². The number of rotatable bonds is 10. The number of likely N-dealkylation sites (N-methyl/N-ethyl adjacent to an activating group) is 1. The zero-order valence-corrected chi connectivity index (χ0v) is 25.6. The van der Waals surface area contributed by atoms with E-state index in [0.717, 1.165) is 25.9 Å². The van der Waals surface area contributed by atoms with E-state index in [1.54, 1.807) is 4.90 Å². The number of nitrogens with one attached hydrogen (secondary N) is 2. The fourth-order valence-corrected chi connectivity index (χ4v) is 7.52. The number of ether oxygens (including phenoxy) is 1. The van der Waals surface area contributed by atoms with E-state index in [-0.39, 0.29) is 23.8 Å². The molecule has 6 unspecified atom stereocenters. The Bertz CT molecular complexity index is 1160. The first-order chi connectivity index (χ1) is 19.6. The topological polar surface area (TPSA) is 91.0 Å². The highest BCUT2D eigenvalue weighted by atomic mass is 16.5. The summed E-state index contributed by atoms with van der Waals surface area (Å²) < 4.78 is 6.53. The van der Waals surface area contributed by atoms with E-state index < -0.39 is 29.6 Å². The Balaban J connectivity index is 1.41. The smallest absolute Gasteiger partial charge is 0.246 e. The van der Waals surface area contributed by atoms with Crippen molar-refractivity contribution >= 4 is 23.4 Å². The Morgan fingerprint density at radius 3 is 2.46 bits per heavy atom. The van der Waals surface area contributed by atoms with Crippen molar-refractivity contribution in [3.8, 4) is 0 Å². The maximum absolute atomic E-state index is 14.2. The average Bonchev–Trinajstić information content (AvgIpc) is 3.59. The van der Waals surface area contributed by atoms with Gasteiger partial charge in [-0.2, -0.15) is 0 Å². The average molecular weight is 565 g/mol. The third kappa shape index (κ3) is 5.34. The molecule has 3 fully saturated rings. The van der Waals surface area contributed by atoms with Gasteiger partial charge in [0, 0.05) is 24.8 Å².